The Bertz CT molecular complexity index is 399. The van der Waals surface area contributed by atoms with Gasteiger partial charge in [-0.3, -0.25) is 4.79 Å². The van der Waals surface area contributed by atoms with E-state index in [-0.39, 0.29) is 11.3 Å². The largest absolute Gasteiger partial charge is 0.330 e. The minimum atomic E-state index is -0.326. The van der Waals surface area contributed by atoms with Crippen molar-refractivity contribution in [2.45, 2.75) is 40.0 Å². The van der Waals surface area contributed by atoms with Gasteiger partial charge in [0, 0.05) is 11.1 Å². The first kappa shape index (κ1) is 14.7. The van der Waals surface area contributed by atoms with E-state index in [2.05, 4.69) is 11.4 Å². The van der Waals surface area contributed by atoms with Crippen LogP contribution < -0.4 is 11.1 Å². The summed E-state index contributed by atoms with van der Waals surface area (Å²) in [5, 5.41) is 2.98. The summed E-state index contributed by atoms with van der Waals surface area (Å²) in [6, 6.07) is 7.99. The average Bonchev–Trinajstić information content (AvgIpc) is 2.36. The smallest absolute Gasteiger partial charge is 0.230 e. The van der Waals surface area contributed by atoms with Crippen molar-refractivity contribution in [2.75, 3.05) is 11.9 Å². The van der Waals surface area contributed by atoms with Crippen LogP contribution in [-0.4, -0.2) is 12.5 Å². The Hall–Kier alpha value is -1.35. The van der Waals surface area contributed by atoms with Crippen LogP contribution in [0, 0.1) is 5.41 Å². The van der Waals surface area contributed by atoms with Crippen molar-refractivity contribution in [1.29, 1.82) is 0 Å². The Labute approximate surface area is 110 Å². The van der Waals surface area contributed by atoms with Crippen LogP contribution in [0.4, 0.5) is 5.69 Å². The number of nitrogens with one attached hydrogen (secondary N) is 1. The molecule has 1 aromatic rings. The third-order valence-corrected chi connectivity index (χ3v) is 3.35. The maximum absolute atomic E-state index is 12.1. The molecule has 0 fully saturated rings. The van der Waals surface area contributed by atoms with Crippen molar-refractivity contribution in [3.63, 3.8) is 0 Å². The molecule has 0 radical (unpaired) electrons. The quantitative estimate of drug-likeness (QED) is 0.813. The number of carbonyl (C=O) groups excluding carboxylic acids is 1. The van der Waals surface area contributed by atoms with E-state index >= 15 is 0 Å². The van der Waals surface area contributed by atoms with Crippen LogP contribution >= 0.6 is 0 Å². The Morgan fingerprint density at radius 2 is 2.11 bits per heavy atom. The Morgan fingerprint density at radius 1 is 1.39 bits per heavy atom. The number of carbonyl (C=O) groups is 1. The summed E-state index contributed by atoms with van der Waals surface area (Å²) in [5.74, 6) is 0.0703. The SMILES string of the molecule is CCC(C)(C)C(=O)Nc1cccc(CCCN)c1. The van der Waals surface area contributed by atoms with Crippen LogP contribution in [0.3, 0.4) is 0 Å². The first-order valence-electron chi connectivity index (χ1n) is 6.60. The van der Waals surface area contributed by atoms with E-state index in [0.29, 0.717) is 6.54 Å². The second-order valence-corrected chi connectivity index (χ2v) is 5.28. The molecule has 0 bridgehead atoms. The zero-order valence-corrected chi connectivity index (χ0v) is 11.6. The van der Waals surface area contributed by atoms with Crippen molar-refractivity contribution < 1.29 is 4.79 Å². The van der Waals surface area contributed by atoms with Crippen LogP contribution in [0.5, 0.6) is 0 Å². The molecule has 3 nitrogen and oxygen atoms in total. The van der Waals surface area contributed by atoms with Crippen molar-refractivity contribution in [2.24, 2.45) is 11.1 Å². The van der Waals surface area contributed by atoms with Gasteiger partial charge in [0.1, 0.15) is 0 Å². The second kappa shape index (κ2) is 6.55. The molecule has 18 heavy (non-hydrogen) atoms. The van der Waals surface area contributed by atoms with Gasteiger partial charge in [-0.1, -0.05) is 32.9 Å². The summed E-state index contributed by atoms with van der Waals surface area (Å²) in [7, 11) is 0. The molecular formula is C15H24N2O. The summed E-state index contributed by atoms with van der Waals surface area (Å²) < 4.78 is 0. The van der Waals surface area contributed by atoms with E-state index in [1.807, 2.05) is 39.0 Å². The second-order valence-electron chi connectivity index (χ2n) is 5.28. The summed E-state index contributed by atoms with van der Waals surface area (Å²) in [5.41, 5.74) is 7.26. The van der Waals surface area contributed by atoms with Gasteiger partial charge in [-0.2, -0.15) is 0 Å². The van der Waals surface area contributed by atoms with E-state index in [1.165, 1.54) is 5.56 Å². The molecule has 1 rings (SSSR count). The highest BCUT2D eigenvalue weighted by Crippen LogP contribution is 2.22. The van der Waals surface area contributed by atoms with Gasteiger partial charge in [0.05, 0.1) is 0 Å². The van der Waals surface area contributed by atoms with Gasteiger partial charge >= 0.3 is 0 Å². The fourth-order valence-corrected chi connectivity index (χ4v) is 1.57. The molecule has 0 atom stereocenters. The number of rotatable bonds is 6. The molecule has 0 spiro atoms. The van der Waals surface area contributed by atoms with E-state index in [0.717, 1.165) is 24.9 Å². The lowest BCUT2D eigenvalue weighted by atomic mass is 9.89. The molecule has 0 heterocycles. The topological polar surface area (TPSA) is 55.1 Å². The van der Waals surface area contributed by atoms with E-state index in [9.17, 15) is 4.79 Å². The molecule has 0 saturated heterocycles. The van der Waals surface area contributed by atoms with E-state index < -0.39 is 0 Å². The first-order valence-corrected chi connectivity index (χ1v) is 6.60. The molecule has 0 aromatic heterocycles. The fourth-order valence-electron chi connectivity index (χ4n) is 1.57. The maximum atomic E-state index is 12.1. The molecule has 0 saturated carbocycles. The lowest BCUT2D eigenvalue weighted by molar-refractivity contribution is -0.124. The molecule has 0 aliphatic carbocycles. The highest BCUT2D eigenvalue weighted by molar-refractivity contribution is 5.94. The number of nitrogens with two attached hydrogens (primary N) is 1. The normalized spacial score (nSPS) is 11.3. The standard InChI is InChI=1S/C15H24N2O/c1-4-15(2,3)14(18)17-13-9-5-7-12(11-13)8-6-10-16/h5,7,9,11H,4,6,8,10,16H2,1-3H3,(H,17,18). The molecule has 1 amide bonds. The van der Waals surface area contributed by atoms with Crippen molar-refractivity contribution in [1.82, 2.24) is 0 Å². The van der Waals surface area contributed by atoms with Crippen molar-refractivity contribution in [3.8, 4) is 0 Å². The third kappa shape index (κ3) is 4.15. The zero-order valence-electron chi connectivity index (χ0n) is 11.6. The summed E-state index contributed by atoms with van der Waals surface area (Å²) in [6.07, 6.45) is 2.75. The van der Waals surface area contributed by atoms with Gasteiger partial charge in [0.15, 0.2) is 0 Å². The van der Waals surface area contributed by atoms with Crippen molar-refractivity contribution in [3.05, 3.63) is 29.8 Å². The minimum absolute atomic E-state index is 0.0703. The van der Waals surface area contributed by atoms with Gasteiger partial charge < -0.3 is 11.1 Å². The fraction of sp³-hybridized carbons (Fsp3) is 0.533. The summed E-state index contributed by atoms with van der Waals surface area (Å²) in [4.78, 5) is 12.1. The number of benzene rings is 1. The minimum Gasteiger partial charge on any atom is -0.330 e. The van der Waals surface area contributed by atoms with Crippen molar-refractivity contribution >= 4 is 11.6 Å². The number of aryl methyl sites for hydroxylation is 1. The molecule has 0 aliphatic heterocycles. The lowest BCUT2D eigenvalue weighted by Crippen LogP contribution is -2.29. The Morgan fingerprint density at radius 3 is 2.72 bits per heavy atom. The Balaban J connectivity index is 2.70. The number of hydrogen-bond donors (Lipinski definition) is 2. The summed E-state index contributed by atoms with van der Waals surface area (Å²) in [6.45, 7) is 6.64. The maximum Gasteiger partial charge on any atom is 0.230 e. The van der Waals surface area contributed by atoms with Crippen LogP contribution in [-0.2, 0) is 11.2 Å². The third-order valence-electron chi connectivity index (χ3n) is 3.35. The molecule has 0 unspecified atom stereocenters. The molecule has 3 N–H and O–H groups in total. The molecule has 1 aromatic carbocycles. The molecule has 3 heteroatoms. The van der Waals surface area contributed by atoms with E-state index in [4.69, 9.17) is 5.73 Å². The van der Waals surface area contributed by atoms with Gasteiger partial charge in [0.2, 0.25) is 5.91 Å². The van der Waals surface area contributed by atoms with Crippen LogP contribution in [0.15, 0.2) is 24.3 Å². The van der Waals surface area contributed by atoms with E-state index in [1.54, 1.807) is 0 Å². The highest BCUT2D eigenvalue weighted by atomic mass is 16.2. The molecule has 0 aliphatic rings. The highest BCUT2D eigenvalue weighted by Gasteiger charge is 2.25. The molecule has 100 valence electrons. The van der Waals surface area contributed by atoms with Gasteiger partial charge in [-0.25, -0.2) is 0 Å². The predicted octanol–water partition coefficient (Wildman–Crippen LogP) is 2.95. The summed E-state index contributed by atoms with van der Waals surface area (Å²) >= 11 is 0. The van der Waals surface area contributed by atoms with Crippen LogP contribution in [0.2, 0.25) is 0 Å². The molecular weight excluding hydrogens is 224 g/mol. The van der Waals surface area contributed by atoms with Gasteiger partial charge in [0.25, 0.3) is 0 Å². The lowest BCUT2D eigenvalue weighted by Gasteiger charge is -2.21. The van der Waals surface area contributed by atoms with Crippen LogP contribution in [0.25, 0.3) is 0 Å². The number of anilines is 1. The first-order chi connectivity index (χ1) is 8.49. The predicted molar refractivity (Wildman–Crippen MR) is 76.5 cm³/mol. The van der Waals surface area contributed by atoms with Gasteiger partial charge in [-0.15, -0.1) is 0 Å². The van der Waals surface area contributed by atoms with Gasteiger partial charge in [-0.05, 0) is 43.5 Å². The monoisotopic (exact) mass is 248 g/mol. The average molecular weight is 248 g/mol. The van der Waals surface area contributed by atoms with Crippen LogP contribution in [0.1, 0.15) is 39.2 Å². The number of amides is 1. The Kier molecular flexibility index (Phi) is 5.35. The number of hydrogen-bond acceptors (Lipinski definition) is 2. The zero-order chi connectivity index (χ0) is 13.6.